The van der Waals surface area contributed by atoms with E-state index in [0.29, 0.717) is 6.42 Å². The first-order valence-corrected chi connectivity index (χ1v) is 11.2. The Kier molecular flexibility index (Phi) is 14.1. The molecule has 0 saturated heterocycles. The topological polar surface area (TPSA) is 301 Å². The van der Waals surface area contributed by atoms with E-state index in [1.807, 2.05) is 0 Å². The molecule has 0 bridgehead atoms. The van der Waals surface area contributed by atoms with Gasteiger partial charge >= 0.3 is 5.97 Å². The van der Waals surface area contributed by atoms with E-state index >= 15 is 0 Å². The molecule has 14 N–H and O–H groups in total. The van der Waals surface area contributed by atoms with Gasteiger partial charge in [0.05, 0.1) is 12.5 Å². The van der Waals surface area contributed by atoms with E-state index in [-0.39, 0.29) is 31.8 Å². The first-order chi connectivity index (χ1) is 16.6. The minimum atomic E-state index is -1.54. The van der Waals surface area contributed by atoms with Crippen molar-refractivity contribution < 1.29 is 33.9 Å². The zero-order valence-electron chi connectivity index (χ0n) is 20.4. The van der Waals surface area contributed by atoms with Crippen molar-refractivity contribution in [3.05, 3.63) is 0 Å². The number of aliphatic imine (C=N–C) groups is 1. The molecular formula is C20H37N9O7. The lowest BCUT2D eigenvalue weighted by Gasteiger charge is -2.25. The summed E-state index contributed by atoms with van der Waals surface area (Å²) < 4.78 is 0. The molecule has 36 heavy (non-hydrogen) atoms. The van der Waals surface area contributed by atoms with E-state index in [1.54, 1.807) is 13.8 Å². The van der Waals surface area contributed by atoms with Crippen LogP contribution in [0.1, 0.15) is 46.0 Å². The molecule has 0 aliphatic carbocycles. The van der Waals surface area contributed by atoms with Crippen LogP contribution in [0.4, 0.5) is 0 Å². The van der Waals surface area contributed by atoms with Gasteiger partial charge in [-0.3, -0.25) is 29.0 Å². The Balaban J connectivity index is 5.49. The van der Waals surface area contributed by atoms with E-state index in [9.17, 15) is 33.9 Å². The number of carbonyl (C=O) groups excluding carboxylic acids is 5. The van der Waals surface area contributed by atoms with E-state index in [2.05, 4.69) is 20.9 Å². The summed E-state index contributed by atoms with van der Waals surface area (Å²) in [4.78, 5) is 75.9. The number of nitrogens with two attached hydrogens (primary N) is 5. The van der Waals surface area contributed by atoms with Crippen LogP contribution in [0.5, 0.6) is 0 Å². The van der Waals surface area contributed by atoms with Gasteiger partial charge in [0.1, 0.15) is 18.1 Å². The van der Waals surface area contributed by atoms with E-state index in [1.165, 1.54) is 0 Å². The molecule has 0 spiro atoms. The summed E-state index contributed by atoms with van der Waals surface area (Å²) in [5.74, 6) is -6.28. The number of primary amides is 2. The van der Waals surface area contributed by atoms with E-state index in [4.69, 9.17) is 28.7 Å². The maximum absolute atomic E-state index is 12.9. The number of carboxylic acid groups (broad SMARTS) is 1. The Bertz CT molecular complexity index is 843. The molecule has 0 radical (unpaired) electrons. The van der Waals surface area contributed by atoms with Gasteiger partial charge in [0.2, 0.25) is 29.5 Å². The average Bonchev–Trinajstić information content (AvgIpc) is 2.75. The monoisotopic (exact) mass is 515 g/mol. The quantitative estimate of drug-likeness (QED) is 0.0509. The number of guanidine groups is 1. The van der Waals surface area contributed by atoms with E-state index < -0.39 is 72.0 Å². The molecule has 204 valence electrons. The SMILES string of the molecule is CC(C)C(NC(=O)C(CC(N)=O)NC(=O)C(CCC(N)=O)NC(=O)C(N)CCCN=C(N)N)C(=O)O. The second-order valence-corrected chi connectivity index (χ2v) is 8.42. The first-order valence-electron chi connectivity index (χ1n) is 11.2. The van der Waals surface area contributed by atoms with Crippen LogP contribution in [0.2, 0.25) is 0 Å². The number of hydrogen-bond acceptors (Lipinski definition) is 8. The van der Waals surface area contributed by atoms with Crippen LogP contribution in [0, 0.1) is 5.92 Å². The highest BCUT2D eigenvalue weighted by molar-refractivity contribution is 5.96. The molecule has 0 rings (SSSR count). The third-order valence-electron chi connectivity index (χ3n) is 4.89. The Morgan fingerprint density at radius 3 is 1.83 bits per heavy atom. The summed E-state index contributed by atoms with van der Waals surface area (Å²) >= 11 is 0. The van der Waals surface area contributed by atoms with Crippen LogP contribution < -0.4 is 44.6 Å². The van der Waals surface area contributed by atoms with Crippen molar-refractivity contribution in [2.24, 2.45) is 39.6 Å². The number of hydrogen-bond donors (Lipinski definition) is 9. The van der Waals surface area contributed by atoms with Crippen LogP contribution in [0.3, 0.4) is 0 Å². The van der Waals surface area contributed by atoms with Gasteiger partial charge in [0.15, 0.2) is 5.96 Å². The van der Waals surface area contributed by atoms with Crippen LogP contribution >= 0.6 is 0 Å². The molecule has 0 aliphatic rings. The van der Waals surface area contributed by atoms with Crippen LogP contribution in [0.25, 0.3) is 0 Å². The number of amides is 5. The van der Waals surface area contributed by atoms with Crippen LogP contribution in [0.15, 0.2) is 4.99 Å². The second kappa shape index (κ2) is 15.9. The standard InChI is InChI=1S/C20H37N9O7/c1-9(2)15(19(35)36)29-18(34)12(8-14(23)31)28-17(33)11(5-6-13(22)30)27-16(32)10(21)4-3-7-26-20(24)25/h9-12,15H,3-8,21H2,1-2H3,(H2,22,30)(H2,23,31)(H,27,32)(H,28,33)(H,29,34)(H,35,36)(H4,24,25,26). The third-order valence-corrected chi connectivity index (χ3v) is 4.89. The van der Waals surface area contributed by atoms with Crippen molar-refractivity contribution in [2.45, 2.75) is 70.1 Å². The Hall–Kier alpha value is -3.95. The lowest BCUT2D eigenvalue weighted by Crippen LogP contribution is -2.58. The summed E-state index contributed by atoms with van der Waals surface area (Å²) in [5, 5.41) is 16.2. The number of carboxylic acids is 1. The molecule has 5 amide bonds. The van der Waals surface area contributed by atoms with E-state index in [0.717, 1.165) is 0 Å². The highest BCUT2D eigenvalue weighted by Crippen LogP contribution is 2.06. The van der Waals surface area contributed by atoms with Gasteiger partial charge in [-0.25, -0.2) is 4.79 Å². The van der Waals surface area contributed by atoms with Gasteiger partial charge in [0.25, 0.3) is 0 Å². The predicted octanol–water partition coefficient (Wildman–Crippen LogP) is -4.30. The van der Waals surface area contributed by atoms with Gasteiger partial charge in [-0.1, -0.05) is 13.8 Å². The normalized spacial score (nSPS) is 14.0. The molecule has 4 unspecified atom stereocenters. The maximum atomic E-state index is 12.9. The molecule has 16 nitrogen and oxygen atoms in total. The summed E-state index contributed by atoms with van der Waals surface area (Å²) in [6.45, 7) is 3.33. The van der Waals surface area contributed by atoms with Gasteiger partial charge in [0, 0.05) is 13.0 Å². The molecule has 0 heterocycles. The fraction of sp³-hybridized carbons (Fsp3) is 0.650. The van der Waals surface area contributed by atoms with Gasteiger partial charge in [-0.2, -0.15) is 0 Å². The van der Waals surface area contributed by atoms with Crippen molar-refractivity contribution in [3.8, 4) is 0 Å². The van der Waals surface area contributed by atoms with Crippen molar-refractivity contribution in [1.82, 2.24) is 16.0 Å². The minimum absolute atomic E-state index is 0.117. The fourth-order valence-electron chi connectivity index (χ4n) is 2.93. The molecule has 0 aromatic rings. The smallest absolute Gasteiger partial charge is 0.326 e. The number of nitrogens with one attached hydrogen (secondary N) is 3. The van der Waals surface area contributed by atoms with Crippen molar-refractivity contribution in [1.29, 1.82) is 0 Å². The number of nitrogens with zero attached hydrogens (tertiary/aromatic N) is 1. The summed E-state index contributed by atoms with van der Waals surface area (Å²) in [5.41, 5.74) is 26.6. The maximum Gasteiger partial charge on any atom is 0.326 e. The Labute approximate surface area is 208 Å². The molecule has 0 aromatic heterocycles. The molecule has 16 heteroatoms. The number of carbonyl (C=O) groups is 6. The highest BCUT2D eigenvalue weighted by atomic mass is 16.4. The minimum Gasteiger partial charge on any atom is -0.480 e. The Morgan fingerprint density at radius 2 is 1.36 bits per heavy atom. The summed E-state index contributed by atoms with van der Waals surface area (Å²) in [6, 6.07) is -5.24. The molecule has 0 aromatic carbocycles. The zero-order chi connectivity index (χ0) is 28.0. The fourth-order valence-corrected chi connectivity index (χ4v) is 2.93. The van der Waals surface area contributed by atoms with Crippen LogP contribution in [-0.2, 0) is 28.8 Å². The van der Waals surface area contributed by atoms with Crippen LogP contribution in [-0.4, -0.2) is 77.3 Å². The molecular weight excluding hydrogens is 478 g/mol. The zero-order valence-corrected chi connectivity index (χ0v) is 20.4. The second-order valence-electron chi connectivity index (χ2n) is 8.42. The Morgan fingerprint density at radius 1 is 0.806 bits per heavy atom. The lowest BCUT2D eigenvalue weighted by atomic mass is 10.0. The third kappa shape index (κ3) is 13.1. The first kappa shape index (κ1) is 32.0. The predicted molar refractivity (Wildman–Crippen MR) is 128 cm³/mol. The largest absolute Gasteiger partial charge is 0.480 e. The van der Waals surface area contributed by atoms with Gasteiger partial charge < -0.3 is 49.7 Å². The van der Waals surface area contributed by atoms with Gasteiger partial charge in [-0.05, 0) is 25.2 Å². The molecule has 0 saturated carbocycles. The van der Waals surface area contributed by atoms with Crippen molar-refractivity contribution in [3.63, 3.8) is 0 Å². The lowest BCUT2D eigenvalue weighted by molar-refractivity contribution is -0.143. The average molecular weight is 516 g/mol. The number of aliphatic carboxylic acids is 1. The molecule has 4 atom stereocenters. The highest BCUT2D eigenvalue weighted by Gasteiger charge is 2.32. The molecule has 0 aliphatic heterocycles. The molecule has 0 fully saturated rings. The van der Waals surface area contributed by atoms with Crippen molar-refractivity contribution in [2.75, 3.05) is 6.54 Å². The van der Waals surface area contributed by atoms with Crippen molar-refractivity contribution >= 4 is 41.5 Å². The number of rotatable bonds is 17. The summed E-state index contributed by atoms with van der Waals surface area (Å²) in [7, 11) is 0. The summed E-state index contributed by atoms with van der Waals surface area (Å²) in [6.07, 6.45) is -0.637. The van der Waals surface area contributed by atoms with Gasteiger partial charge in [-0.15, -0.1) is 0 Å².